The van der Waals surface area contributed by atoms with E-state index in [1.807, 2.05) is 0 Å². The molecule has 1 saturated carbocycles. The van der Waals surface area contributed by atoms with E-state index in [9.17, 15) is 0 Å². The molecule has 1 N–H and O–H groups in total. The van der Waals surface area contributed by atoms with E-state index < -0.39 is 0 Å². The molecule has 1 heterocycles. The standard InChI is InChI=1S/C16H27N3/c1-19-16-11-7-10-15(14(16)12-17-19)18-13-8-5-3-2-4-6-9-13/h12-13,15,18H,2-11H2,1H3. The third kappa shape index (κ3) is 3.02. The molecule has 3 heteroatoms. The van der Waals surface area contributed by atoms with Crippen molar-refractivity contribution in [2.45, 2.75) is 76.3 Å². The molecule has 0 aromatic carbocycles. The number of aryl methyl sites for hydroxylation is 1. The van der Waals surface area contributed by atoms with Crippen LogP contribution in [0.5, 0.6) is 0 Å². The van der Waals surface area contributed by atoms with Gasteiger partial charge in [0.15, 0.2) is 0 Å². The lowest BCUT2D eigenvalue weighted by atomic mass is 9.90. The highest BCUT2D eigenvalue weighted by atomic mass is 15.3. The fourth-order valence-electron chi connectivity index (χ4n) is 3.79. The molecule has 0 aliphatic heterocycles. The maximum atomic E-state index is 4.45. The van der Waals surface area contributed by atoms with Gasteiger partial charge in [0, 0.05) is 30.4 Å². The summed E-state index contributed by atoms with van der Waals surface area (Å²) in [6, 6.07) is 1.29. The second-order valence-corrected chi connectivity index (χ2v) is 6.32. The second-order valence-electron chi connectivity index (χ2n) is 6.32. The van der Waals surface area contributed by atoms with E-state index in [4.69, 9.17) is 0 Å². The molecule has 19 heavy (non-hydrogen) atoms. The number of hydrogen-bond acceptors (Lipinski definition) is 2. The Morgan fingerprint density at radius 1 is 1.05 bits per heavy atom. The van der Waals surface area contributed by atoms with Gasteiger partial charge in [0.05, 0.1) is 6.20 Å². The Bertz CT molecular complexity index is 402. The van der Waals surface area contributed by atoms with Gasteiger partial charge in [-0.15, -0.1) is 0 Å². The molecule has 1 unspecified atom stereocenters. The van der Waals surface area contributed by atoms with Gasteiger partial charge in [-0.25, -0.2) is 0 Å². The van der Waals surface area contributed by atoms with E-state index in [1.165, 1.54) is 75.5 Å². The highest BCUT2D eigenvalue weighted by Crippen LogP contribution is 2.30. The molecule has 0 radical (unpaired) electrons. The molecule has 106 valence electrons. The highest BCUT2D eigenvalue weighted by molar-refractivity contribution is 5.24. The predicted molar refractivity (Wildman–Crippen MR) is 78.1 cm³/mol. The minimum atomic E-state index is 0.557. The van der Waals surface area contributed by atoms with E-state index in [2.05, 4.69) is 28.3 Å². The molecule has 1 atom stereocenters. The van der Waals surface area contributed by atoms with E-state index in [0.717, 1.165) is 6.04 Å². The average molecular weight is 261 g/mol. The van der Waals surface area contributed by atoms with E-state index in [0.29, 0.717) is 6.04 Å². The van der Waals surface area contributed by atoms with Crippen molar-refractivity contribution in [2.24, 2.45) is 7.05 Å². The molecule has 0 spiro atoms. The number of nitrogens with one attached hydrogen (secondary N) is 1. The maximum absolute atomic E-state index is 4.45. The van der Waals surface area contributed by atoms with Gasteiger partial charge in [0.25, 0.3) is 0 Å². The molecule has 2 aliphatic rings. The lowest BCUT2D eigenvalue weighted by Gasteiger charge is -2.30. The van der Waals surface area contributed by atoms with Crippen LogP contribution in [0.3, 0.4) is 0 Å². The second kappa shape index (κ2) is 6.08. The first-order valence-electron chi connectivity index (χ1n) is 8.11. The quantitative estimate of drug-likeness (QED) is 0.883. The molecule has 1 aromatic heterocycles. The molecule has 0 bridgehead atoms. The summed E-state index contributed by atoms with van der Waals surface area (Å²) in [6.45, 7) is 0. The van der Waals surface area contributed by atoms with E-state index >= 15 is 0 Å². The van der Waals surface area contributed by atoms with Crippen LogP contribution in [0.2, 0.25) is 0 Å². The Morgan fingerprint density at radius 2 is 1.79 bits per heavy atom. The van der Waals surface area contributed by atoms with Crippen molar-refractivity contribution in [3.05, 3.63) is 17.5 Å². The zero-order valence-electron chi connectivity index (χ0n) is 12.2. The minimum Gasteiger partial charge on any atom is -0.307 e. The van der Waals surface area contributed by atoms with Crippen molar-refractivity contribution in [1.82, 2.24) is 15.1 Å². The summed E-state index contributed by atoms with van der Waals surface area (Å²) in [7, 11) is 2.08. The maximum Gasteiger partial charge on any atom is 0.0540 e. The summed E-state index contributed by atoms with van der Waals surface area (Å²) < 4.78 is 2.07. The van der Waals surface area contributed by atoms with Crippen LogP contribution in [-0.4, -0.2) is 15.8 Å². The first-order chi connectivity index (χ1) is 9.34. The molecular formula is C16H27N3. The van der Waals surface area contributed by atoms with Gasteiger partial charge in [-0.05, 0) is 32.1 Å². The Balaban J connectivity index is 1.66. The van der Waals surface area contributed by atoms with Gasteiger partial charge in [-0.2, -0.15) is 5.10 Å². The third-order valence-corrected chi connectivity index (χ3v) is 4.92. The van der Waals surface area contributed by atoms with Gasteiger partial charge in [0.1, 0.15) is 0 Å². The molecule has 3 rings (SSSR count). The fraction of sp³-hybridized carbons (Fsp3) is 0.812. The van der Waals surface area contributed by atoms with Gasteiger partial charge in [-0.3, -0.25) is 4.68 Å². The Kier molecular flexibility index (Phi) is 4.21. The smallest absolute Gasteiger partial charge is 0.0540 e. The number of aromatic nitrogens is 2. The van der Waals surface area contributed by atoms with E-state index in [1.54, 1.807) is 0 Å². The zero-order chi connectivity index (χ0) is 13.1. The van der Waals surface area contributed by atoms with Gasteiger partial charge < -0.3 is 5.32 Å². The monoisotopic (exact) mass is 261 g/mol. The Labute approximate surface area is 116 Å². The van der Waals surface area contributed by atoms with Crippen molar-refractivity contribution in [2.75, 3.05) is 0 Å². The summed E-state index contributed by atoms with van der Waals surface area (Å²) in [5, 5.41) is 8.39. The molecular weight excluding hydrogens is 234 g/mol. The van der Waals surface area contributed by atoms with Crippen molar-refractivity contribution < 1.29 is 0 Å². The third-order valence-electron chi connectivity index (χ3n) is 4.92. The van der Waals surface area contributed by atoms with Crippen LogP contribution in [0.25, 0.3) is 0 Å². The lowest BCUT2D eigenvalue weighted by Crippen LogP contribution is -2.35. The van der Waals surface area contributed by atoms with Crippen molar-refractivity contribution in [3.63, 3.8) is 0 Å². The molecule has 3 nitrogen and oxygen atoms in total. The average Bonchev–Trinajstić information content (AvgIpc) is 2.76. The van der Waals surface area contributed by atoms with Crippen molar-refractivity contribution >= 4 is 0 Å². The van der Waals surface area contributed by atoms with Crippen molar-refractivity contribution in [3.8, 4) is 0 Å². The Hall–Kier alpha value is -0.830. The topological polar surface area (TPSA) is 29.9 Å². The van der Waals surface area contributed by atoms with Crippen LogP contribution < -0.4 is 5.32 Å². The van der Waals surface area contributed by atoms with Crippen LogP contribution in [0.15, 0.2) is 6.20 Å². The zero-order valence-corrected chi connectivity index (χ0v) is 12.2. The van der Waals surface area contributed by atoms with Gasteiger partial charge >= 0.3 is 0 Å². The van der Waals surface area contributed by atoms with Gasteiger partial charge in [-0.1, -0.05) is 32.1 Å². The largest absolute Gasteiger partial charge is 0.307 e. The first-order valence-corrected chi connectivity index (χ1v) is 8.11. The summed E-state index contributed by atoms with van der Waals surface area (Å²) in [5.74, 6) is 0. The van der Waals surface area contributed by atoms with E-state index in [-0.39, 0.29) is 0 Å². The van der Waals surface area contributed by atoms with Crippen LogP contribution >= 0.6 is 0 Å². The number of rotatable bonds is 2. The number of fused-ring (bicyclic) bond motifs is 1. The number of hydrogen-bond donors (Lipinski definition) is 1. The van der Waals surface area contributed by atoms with Crippen LogP contribution in [0.4, 0.5) is 0 Å². The van der Waals surface area contributed by atoms with Crippen LogP contribution in [-0.2, 0) is 13.5 Å². The molecule has 0 saturated heterocycles. The molecule has 2 aliphatic carbocycles. The molecule has 0 amide bonds. The SMILES string of the molecule is Cn1ncc2c1CCCC2NC1CCCCCCC1. The summed E-state index contributed by atoms with van der Waals surface area (Å²) in [5.41, 5.74) is 2.92. The number of nitrogens with zero attached hydrogens (tertiary/aromatic N) is 2. The minimum absolute atomic E-state index is 0.557. The van der Waals surface area contributed by atoms with Gasteiger partial charge in [0.2, 0.25) is 0 Å². The summed E-state index contributed by atoms with van der Waals surface area (Å²) in [6.07, 6.45) is 15.7. The summed E-state index contributed by atoms with van der Waals surface area (Å²) in [4.78, 5) is 0. The molecule has 1 aromatic rings. The molecule has 1 fully saturated rings. The normalized spacial score (nSPS) is 25.6. The van der Waals surface area contributed by atoms with Crippen LogP contribution in [0.1, 0.15) is 75.1 Å². The highest BCUT2D eigenvalue weighted by Gasteiger charge is 2.25. The van der Waals surface area contributed by atoms with Crippen LogP contribution in [0, 0.1) is 0 Å². The fourth-order valence-corrected chi connectivity index (χ4v) is 3.79. The Morgan fingerprint density at radius 3 is 2.58 bits per heavy atom. The predicted octanol–water partition coefficient (Wildman–Crippen LogP) is 3.50. The lowest BCUT2D eigenvalue weighted by molar-refractivity contribution is 0.333. The first kappa shape index (κ1) is 13.2. The summed E-state index contributed by atoms with van der Waals surface area (Å²) >= 11 is 0. The van der Waals surface area contributed by atoms with Crippen molar-refractivity contribution in [1.29, 1.82) is 0 Å².